The van der Waals surface area contributed by atoms with Gasteiger partial charge in [-0.05, 0) is 0 Å². The molecule has 0 saturated carbocycles. The topological polar surface area (TPSA) is 0 Å². The van der Waals surface area contributed by atoms with Gasteiger partial charge >= 0.3 is 0 Å². The van der Waals surface area contributed by atoms with Gasteiger partial charge in [0.25, 0.3) is 0 Å². The van der Waals surface area contributed by atoms with Crippen molar-refractivity contribution < 1.29 is 17.1 Å². The first-order chi connectivity index (χ1) is 3.00. The zero-order chi connectivity index (χ0) is 4.24. The molecule has 0 saturated heterocycles. The SMILES string of the molecule is [Cu].c1ccccc1. The van der Waals surface area contributed by atoms with Crippen LogP contribution in [0.15, 0.2) is 36.4 Å². The van der Waals surface area contributed by atoms with Crippen LogP contribution in [-0.2, 0) is 17.1 Å². The van der Waals surface area contributed by atoms with Crippen molar-refractivity contribution in [1.29, 1.82) is 0 Å². The van der Waals surface area contributed by atoms with E-state index in [0.29, 0.717) is 0 Å². The number of rotatable bonds is 0. The molecular formula is C6H6Cu. The van der Waals surface area contributed by atoms with E-state index in [4.69, 9.17) is 0 Å². The third-order valence-electron chi connectivity index (χ3n) is 0.667. The summed E-state index contributed by atoms with van der Waals surface area (Å²) >= 11 is 0. The third-order valence-corrected chi connectivity index (χ3v) is 0.667. The Morgan fingerprint density at radius 1 is 0.429 bits per heavy atom. The van der Waals surface area contributed by atoms with E-state index in [1.54, 1.807) is 0 Å². The van der Waals surface area contributed by atoms with Crippen molar-refractivity contribution in [3.05, 3.63) is 36.4 Å². The van der Waals surface area contributed by atoms with Gasteiger partial charge in [0.05, 0.1) is 0 Å². The summed E-state index contributed by atoms with van der Waals surface area (Å²) in [5, 5.41) is 0. The molecule has 7 heavy (non-hydrogen) atoms. The van der Waals surface area contributed by atoms with E-state index < -0.39 is 0 Å². The number of hydrogen-bond acceptors (Lipinski definition) is 0. The van der Waals surface area contributed by atoms with Crippen LogP contribution in [0.3, 0.4) is 0 Å². The molecule has 0 aliphatic rings. The van der Waals surface area contributed by atoms with Gasteiger partial charge in [-0.15, -0.1) is 0 Å². The van der Waals surface area contributed by atoms with Gasteiger partial charge in [-0.25, -0.2) is 0 Å². The van der Waals surface area contributed by atoms with E-state index in [-0.39, 0.29) is 17.1 Å². The van der Waals surface area contributed by atoms with Gasteiger partial charge in [0.1, 0.15) is 0 Å². The van der Waals surface area contributed by atoms with Crippen molar-refractivity contribution in [3.63, 3.8) is 0 Å². The monoisotopic (exact) mass is 141 g/mol. The predicted molar refractivity (Wildman–Crippen MR) is 26.4 cm³/mol. The minimum atomic E-state index is 0. The van der Waals surface area contributed by atoms with Crippen LogP contribution in [-0.4, -0.2) is 0 Å². The van der Waals surface area contributed by atoms with E-state index in [1.807, 2.05) is 36.4 Å². The van der Waals surface area contributed by atoms with Crippen molar-refractivity contribution in [3.8, 4) is 0 Å². The molecule has 0 aliphatic carbocycles. The number of hydrogen-bond donors (Lipinski definition) is 0. The Balaban J connectivity index is 0.000000360. The summed E-state index contributed by atoms with van der Waals surface area (Å²) < 4.78 is 0. The van der Waals surface area contributed by atoms with Gasteiger partial charge in [0.2, 0.25) is 0 Å². The Labute approximate surface area is 54.0 Å². The molecule has 0 aromatic heterocycles. The summed E-state index contributed by atoms with van der Waals surface area (Å²) in [5.41, 5.74) is 0. The molecule has 1 radical (unpaired) electrons. The van der Waals surface area contributed by atoms with Crippen molar-refractivity contribution in [2.75, 3.05) is 0 Å². The van der Waals surface area contributed by atoms with Gasteiger partial charge in [0, 0.05) is 17.1 Å². The molecule has 0 heterocycles. The van der Waals surface area contributed by atoms with Crippen LogP contribution in [0.4, 0.5) is 0 Å². The predicted octanol–water partition coefficient (Wildman–Crippen LogP) is 1.68. The van der Waals surface area contributed by atoms with E-state index in [9.17, 15) is 0 Å². The molecule has 0 nitrogen and oxygen atoms in total. The van der Waals surface area contributed by atoms with Crippen molar-refractivity contribution in [1.82, 2.24) is 0 Å². The van der Waals surface area contributed by atoms with E-state index >= 15 is 0 Å². The van der Waals surface area contributed by atoms with E-state index in [0.717, 1.165) is 0 Å². The van der Waals surface area contributed by atoms with Crippen LogP contribution in [0.1, 0.15) is 0 Å². The zero-order valence-corrected chi connectivity index (χ0v) is 4.71. The molecule has 0 spiro atoms. The van der Waals surface area contributed by atoms with Crippen LogP contribution >= 0.6 is 0 Å². The molecule has 41 valence electrons. The minimum Gasteiger partial charge on any atom is -0.0623 e. The van der Waals surface area contributed by atoms with Gasteiger partial charge in [0.15, 0.2) is 0 Å². The van der Waals surface area contributed by atoms with E-state index in [1.165, 1.54) is 0 Å². The average Bonchev–Trinajstić information content (AvgIpc) is 1.72. The molecule has 1 heteroatoms. The molecule has 0 aliphatic heterocycles. The maximum Gasteiger partial charge on any atom is 0 e. The fraction of sp³-hybridized carbons (Fsp3) is 0. The molecular weight excluding hydrogens is 136 g/mol. The first kappa shape index (κ1) is 6.74. The average molecular weight is 142 g/mol. The first-order valence-corrected chi connectivity index (χ1v) is 2.00. The molecule has 1 aromatic carbocycles. The van der Waals surface area contributed by atoms with Crippen molar-refractivity contribution >= 4 is 0 Å². The molecule has 0 amide bonds. The molecule has 1 rings (SSSR count). The molecule has 0 unspecified atom stereocenters. The Bertz CT molecular complexity index is 76.1. The molecule has 0 atom stereocenters. The van der Waals surface area contributed by atoms with Crippen molar-refractivity contribution in [2.45, 2.75) is 0 Å². The van der Waals surface area contributed by atoms with Crippen LogP contribution in [0.2, 0.25) is 0 Å². The van der Waals surface area contributed by atoms with E-state index in [2.05, 4.69) is 0 Å². The second kappa shape index (κ2) is 3.91. The van der Waals surface area contributed by atoms with Gasteiger partial charge < -0.3 is 0 Å². The first-order valence-electron chi connectivity index (χ1n) is 2.00. The number of benzene rings is 1. The Kier molecular flexibility index (Phi) is 3.77. The second-order valence-electron chi connectivity index (χ2n) is 1.15. The zero-order valence-electron chi connectivity index (χ0n) is 3.77. The quantitative estimate of drug-likeness (QED) is 0.483. The molecule has 0 N–H and O–H groups in total. The standard InChI is InChI=1S/C6H6.Cu/c1-2-4-6-5-3-1;/h1-6H;. The largest absolute Gasteiger partial charge is 0.0623 e. The van der Waals surface area contributed by atoms with Crippen LogP contribution < -0.4 is 0 Å². The molecule has 0 fully saturated rings. The van der Waals surface area contributed by atoms with Gasteiger partial charge in [-0.2, -0.15) is 0 Å². The summed E-state index contributed by atoms with van der Waals surface area (Å²) in [6, 6.07) is 12.0. The normalized spacial score (nSPS) is 6.86. The van der Waals surface area contributed by atoms with Gasteiger partial charge in [-0.1, -0.05) is 36.4 Å². The van der Waals surface area contributed by atoms with Crippen molar-refractivity contribution in [2.24, 2.45) is 0 Å². The third kappa shape index (κ3) is 2.44. The summed E-state index contributed by atoms with van der Waals surface area (Å²) in [4.78, 5) is 0. The smallest absolute Gasteiger partial charge is 0 e. The van der Waals surface area contributed by atoms with Crippen LogP contribution in [0, 0.1) is 0 Å². The molecule has 0 bridgehead atoms. The Hall–Kier alpha value is -0.261. The molecule has 1 aromatic rings. The summed E-state index contributed by atoms with van der Waals surface area (Å²) in [5.74, 6) is 0. The fourth-order valence-corrected chi connectivity index (χ4v) is 0.385. The summed E-state index contributed by atoms with van der Waals surface area (Å²) in [6.07, 6.45) is 0. The maximum absolute atomic E-state index is 2.00. The van der Waals surface area contributed by atoms with Gasteiger partial charge in [-0.3, -0.25) is 0 Å². The van der Waals surface area contributed by atoms with Crippen LogP contribution in [0.5, 0.6) is 0 Å². The fourth-order valence-electron chi connectivity index (χ4n) is 0.385. The van der Waals surface area contributed by atoms with Crippen LogP contribution in [0.25, 0.3) is 0 Å². The minimum absolute atomic E-state index is 0. The Morgan fingerprint density at radius 2 is 0.571 bits per heavy atom. The maximum atomic E-state index is 2.00. The summed E-state index contributed by atoms with van der Waals surface area (Å²) in [6.45, 7) is 0. The Morgan fingerprint density at radius 3 is 0.714 bits per heavy atom. The second-order valence-corrected chi connectivity index (χ2v) is 1.15. The summed E-state index contributed by atoms with van der Waals surface area (Å²) in [7, 11) is 0.